The van der Waals surface area contributed by atoms with E-state index in [0.717, 1.165) is 5.56 Å². The second-order valence-electron chi connectivity index (χ2n) is 7.62. The molecule has 0 aliphatic carbocycles. The van der Waals surface area contributed by atoms with E-state index in [4.69, 9.17) is 0 Å². The van der Waals surface area contributed by atoms with Gasteiger partial charge in [-0.1, -0.05) is 48.0 Å². The number of carbonyl (C=O) groups is 1. The summed E-state index contributed by atoms with van der Waals surface area (Å²) in [6.07, 6.45) is 0. The molecule has 5 nitrogen and oxygen atoms in total. The lowest BCUT2D eigenvalue weighted by Crippen LogP contribution is -2.46. The lowest BCUT2D eigenvalue weighted by Gasteiger charge is -2.33. The third-order valence-electron chi connectivity index (χ3n) is 5.59. The predicted octanol–water partition coefficient (Wildman–Crippen LogP) is 4.06. The zero-order chi connectivity index (χ0) is 21.5. The summed E-state index contributed by atoms with van der Waals surface area (Å²) in [7, 11) is -3.96. The Morgan fingerprint density at radius 1 is 0.967 bits per heavy atom. The minimum Gasteiger partial charge on any atom is -0.325 e. The number of benzene rings is 3. The Labute approximate surface area is 175 Å². The third kappa shape index (κ3) is 3.40. The number of halogens is 1. The van der Waals surface area contributed by atoms with Crippen molar-refractivity contribution >= 4 is 21.6 Å². The van der Waals surface area contributed by atoms with E-state index >= 15 is 0 Å². The van der Waals surface area contributed by atoms with Crippen molar-refractivity contribution in [3.8, 4) is 0 Å². The molecule has 1 heterocycles. The van der Waals surface area contributed by atoms with E-state index in [1.54, 1.807) is 43.3 Å². The summed E-state index contributed by atoms with van der Waals surface area (Å²) in [6.45, 7) is 3.56. The maximum Gasteiger partial charge on any atom is 0.241 e. The fraction of sp³-hybridized carbons (Fsp3) is 0.174. The van der Waals surface area contributed by atoms with Gasteiger partial charge >= 0.3 is 0 Å². The molecule has 0 fully saturated rings. The van der Waals surface area contributed by atoms with Crippen LogP contribution in [0.25, 0.3) is 0 Å². The van der Waals surface area contributed by atoms with Crippen LogP contribution in [0.3, 0.4) is 0 Å². The van der Waals surface area contributed by atoms with Crippen LogP contribution < -0.4 is 10.0 Å². The number of hydrogen-bond acceptors (Lipinski definition) is 3. The number of hydrogen-bond donors (Lipinski definition) is 2. The van der Waals surface area contributed by atoms with Crippen LogP contribution in [0, 0.1) is 12.7 Å². The molecule has 0 aromatic heterocycles. The summed E-state index contributed by atoms with van der Waals surface area (Å²) in [5.41, 5.74) is 1.50. The van der Waals surface area contributed by atoms with E-state index in [0.29, 0.717) is 16.8 Å². The molecule has 1 unspecified atom stereocenters. The minimum atomic E-state index is -3.96. The lowest BCUT2D eigenvalue weighted by molar-refractivity contribution is -0.121. The van der Waals surface area contributed by atoms with Gasteiger partial charge in [0.15, 0.2) is 0 Å². The number of para-hydroxylation sites is 1. The van der Waals surface area contributed by atoms with E-state index in [1.165, 1.54) is 36.4 Å². The highest BCUT2D eigenvalue weighted by atomic mass is 32.2. The smallest absolute Gasteiger partial charge is 0.241 e. The summed E-state index contributed by atoms with van der Waals surface area (Å²) < 4.78 is 42.7. The van der Waals surface area contributed by atoms with Gasteiger partial charge in [0.25, 0.3) is 0 Å². The molecule has 7 heteroatoms. The van der Waals surface area contributed by atoms with Crippen molar-refractivity contribution in [2.24, 2.45) is 0 Å². The van der Waals surface area contributed by atoms with Crippen LogP contribution in [0.1, 0.15) is 29.7 Å². The number of anilines is 1. The Hall–Kier alpha value is -3.03. The van der Waals surface area contributed by atoms with Crippen molar-refractivity contribution < 1.29 is 17.6 Å². The Morgan fingerprint density at radius 3 is 2.27 bits per heavy atom. The number of aryl methyl sites for hydroxylation is 1. The number of rotatable bonds is 5. The molecule has 0 spiro atoms. The second kappa shape index (κ2) is 7.34. The first kappa shape index (κ1) is 20.3. The van der Waals surface area contributed by atoms with Gasteiger partial charge in [-0.25, -0.2) is 17.5 Å². The summed E-state index contributed by atoms with van der Waals surface area (Å²) in [5.74, 6) is -0.773. The maximum atomic E-state index is 13.6. The van der Waals surface area contributed by atoms with E-state index in [9.17, 15) is 17.6 Å². The maximum absolute atomic E-state index is 13.6. The summed E-state index contributed by atoms with van der Waals surface area (Å²) in [6, 6.07) is 18.2. The highest BCUT2D eigenvalue weighted by Crippen LogP contribution is 2.46. The lowest BCUT2D eigenvalue weighted by atomic mass is 9.74. The molecular formula is C23H21FN2O3S. The first-order valence-electron chi connectivity index (χ1n) is 9.47. The standard InChI is InChI=1S/C23H21FN2O3S/c1-15-7-13-18(14-8-15)30(28,29)26-21(16-9-11-17(24)12-10-16)23(2)19-5-3-4-6-20(19)25-22(23)27/h3-14,21,26H,1-2H3,(H,25,27)/t21-,23?/m1/s1. The Bertz CT molecular complexity index is 1210. The van der Waals surface area contributed by atoms with Gasteiger partial charge in [0.2, 0.25) is 15.9 Å². The van der Waals surface area contributed by atoms with Gasteiger partial charge in [-0.2, -0.15) is 0 Å². The number of nitrogens with one attached hydrogen (secondary N) is 2. The number of fused-ring (bicyclic) bond motifs is 1. The van der Waals surface area contributed by atoms with E-state index < -0.39 is 27.3 Å². The molecule has 1 aliphatic rings. The van der Waals surface area contributed by atoms with Crippen LogP contribution in [0.5, 0.6) is 0 Å². The van der Waals surface area contributed by atoms with Gasteiger partial charge in [-0.3, -0.25) is 4.79 Å². The van der Waals surface area contributed by atoms with E-state index in [-0.39, 0.29) is 10.8 Å². The zero-order valence-electron chi connectivity index (χ0n) is 16.5. The Balaban J connectivity index is 1.85. The topological polar surface area (TPSA) is 75.3 Å². The third-order valence-corrected chi connectivity index (χ3v) is 7.03. The highest BCUT2D eigenvalue weighted by molar-refractivity contribution is 7.89. The van der Waals surface area contributed by atoms with Gasteiger partial charge in [0.05, 0.1) is 16.4 Å². The van der Waals surface area contributed by atoms with Crippen molar-refractivity contribution in [3.05, 3.63) is 95.3 Å². The summed E-state index contributed by atoms with van der Waals surface area (Å²) >= 11 is 0. The van der Waals surface area contributed by atoms with Crippen molar-refractivity contribution in [1.82, 2.24) is 4.72 Å². The fourth-order valence-corrected chi connectivity index (χ4v) is 5.13. The van der Waals surface area contributed by atoms with Crippen LogP contribution in [-0.4, -0.2) is 14.3 Å². The normalized spacial score (nSPS) is 19.2. The largest absolute Gasteiger partial charge is 0.325 e. The molecule has 3 aromatic rings. The van der Waals surface area contributed by atoms with Crippen molar-refractivity contribution in [3.63, 3.8) is 0 Å². The van der Waals surface area contributed by atoms with Gasteiger partial charge in [0, 0.05) is 5.69 Å². The monoisotopic (exact) mass is 424 g/mol. The molecule has 4 rings (SSSR count). The number of amides is 1. The Kier molecular flexibility index (Phi) is 4.95. The molecule has 0 radical (unpaired) electrons. The van der Waals surface area contributed by atoms with Crippen molar-refractivity contribution in [2.75, 3.05) is 5.32 Å². The minimum absolute atomic E-state index is 0.0931. The molecule has 0 bridgehead atoms. The fourth-order valence-electron chi connectivity index (χ4n) is 3.82. The quantitative estimate of drug-likeness (QED) is 0.649. The molecule has 0 saturated heterocycles. The molecule has 3 aromatic carbocycles. The molecular weight excluding hydrogens is 403 g/mol. The first-order chi connectivity index (χ1) is 14.2. The van der Waals surface area contributed by atoms with Gasteiger partial charge in [0.1, 0.15) is 5.82 Å². The average Bonchev–Trinajstić information content (AvgIpc) is 2.98. The first-order valence-corrected chi connectivity index (χ1v) is 11.0. The molecule has 30 heavy (non-hydrogen) atoms. The van der Waals surface area contributed by atoms with Crippen molar-refractivity contribution in [1.29, 1.82) is 0 Å². The van der Waals surface area contributed by atoms with Gasteiger partial charge in [-0.05, 0) is 55.3 Å². The van der Waals surface area contributed by atoms with Gasteiger partial charge < -0.3 is 5.32 Å². The average molecular weight is 424 g/mol. The highest BCUT2D eigenvalue weighted by Gasteiger charge is 2.50. The van der Waals surface area contributed by atoms with Crippen LogP contribution in [0.4, 0.5) is 10.1 Å². The zero-order valence-corrected chi connectivity index (χ0v) is 17.3. The molecule has 2 atom stereocenters. The molecule has 154 valence electrons. The predicted molar refractivity (Wildman–Crippen MR) is 113 cm³/mol. The summed E-state index contributed by atoms with van der Waals surface area (Å²) in [5, 5.41) is 2.83. The van der Waals surface area contributed by atoms with Crippen LogP contribution in [0.2, 0.25) is 0 Å². The van der Waals surface area contributed by atoms with Crippen LogP contribution in [0.15, 0.2) is 77.7 Å². The van der Waals surface area contributed by atoms with Crippen LogP contribution in [-0.2, 0) is 20.2 Å². The SMILES string of the molecule is Cc1ccc(S(=O)(=O)N[C@H](c2ccc(F)cc2)C2(C)C(=O)Nc3ccccc32)cc1. The molecule has 0 saturated carbocycles. The Morgan fingerprint density at radius 2 is 1.60 bits per heavy atom. The molecule has 1 aliphatic heterocycles. The van der Waals surface area contributed by atoms with Crippen LogP contribution >= 0.6 is 0 Å². The van der Waals surface area contributed by atoms with Crippen molar-refractivity contribution in [2.45, 2.75) is 30.2 Å². The van der Waals surface area contributed by atoms with Gasteiger partial charge in [-0.15, -0.1) is 0 Å². The second-order valence-corrected chi connectivity index (χ2v) is 9.33. The molecule has 2 N–H and O–H groups in total. The number of sulfonamides is 1. The molecule has 1 amide bonds. The number of carbonyl (C=O) groups excluding carboxylic acids is 1. The van der Waals surface area contributed by atoms with E-state index in [1.807, 2.05) is 6.92 Å². The van der Waals surface area contributed by atoms with E-state index in [2.05, 4.69) is 10.0 Å². The summed E-state index contributed by atoms with van der Waals surface area (Å²) in [4.78, 5) is 13.2.